The molecule has 2 bridgehead atoms. The highest BCUT2D eigenvalue weighted by molar-refractivity contribution is 5.92. The number of fused-ring (bicyclic) bond motifs is 5. The van der Waals surface area contributed by atoms with E-state index in [1.54, 1.807) is 11.1 Å². The third-order valence-electron chi connectivity index (χ3n) is 11.1. The average molecular weight is 678 g/mol. The maximum absolute atomic E-state index is 14.6. The molecule has 1 amide bonds. The number of hydrogen-bond donors (Lipinski definition) is 2. The molecule has 2 unspecified atom stereocenters. The Morgan fingerprint density at radius 1 is 0.776 bits per heavy atom. The van der Waals surface area contributed by atoms with Crippen molar-refractivity contribution in [2.45, 2.75) is 94.9 Å². The van der Waals surface area contributed by atoms with Crippen molar-refractivity contribution in [3.05, 3.63) is 107 Å². The zero-order valence-corrected chi connectivity index (χ0v) is 28.7. The molecule has 2 atom stereocenters. The van der Waals surface area contributed by atoms with Gasteiger partial charge in [-0.05, 0) is 106 Å². The second kappa shape index (κ2) is 16.3. The fourth-order valence-corrected chi connectivity index (χ4v) is 8.34. The van der Waals surface area contributed by atoms with E-state index < -0.39 is 17.6 Å². The summed E-state index contributed by atoms with van der Waals surface area (Å²) in [6.07, 6.45) is 4.19. The Morgan fingerprint density at radius 3 is 1.69 bits per heavy atom. The summed E-state index contributed by atoms with van der Waals surface area (Å²) in [6.45, 7) is 8.51. The first-order valence-corrected chi connectivity index (χ1v) is 17.9. The Bertz CT molecular complexity index is 1430. The summed E-state index contributed by atoms with van der Waals surface area (Å²) < 4.78 is 31.7. The summed E-state index contributed by atoms with van der Waals surface area (Å²) >= 11 is 0. The zero-order valence-electron chi connectivity index (χ0n) is 28.7. The molecule has 1 aliphatic carbocycles. The molecule has 0 radical (unpaired) electrons. The Balaban J connectivity index is 0.000000606. The van der Waals surface area contributed by atoms with Crippen molar-refractivity contribution in [1.29, 1.82) is 0 Å². The lowest BCUT2D eigenvalue weighted by Crippen LogP contribution is -2.51. The minimum Gasteiger partial charge on any atom is -0.475 e. The van der Waals surface area contributed by atoms with Crippen LogP contribution in [0.5, 0.6) is 0 Å². The Kier molecular flexibility index (Phi) is 12.2. The molecule has 2 aliphatic heterocycles. The molecule has 264 valence electrons. The summed E-state index contributed by atoms with van der Waals surface area (Å²) in [5.74, 6) is -1.83. The summed E-state index contributed by atoms with van der Waals surface area (Å²) in [4.78, 5) is 28.7. The highest BCUT2D eigenvalue weighted by atomic mass is 19.4. The molecular weight excluding hydrogens is 627 g/mol. The van der Waals surface area contributed by atoms with Gasteiger partial charge in [-0.3, -0.25) is 9.69 Å². The number of nitrogens with zero attached hydrogens (tertiary/aromatic N) is 2. The first kappa shape index (κ1) is 36.6. The van der Waals surface area contributed by atoms with Crippen LogP contribution in [0.15, 0.2) is 84.9 Å². The summed E-state index contributed by atoms with van der Waals surface area (Å²) in [5.41, 5.74) is 4.65. The minimum atomic E-state index is -5.08. The van der Waals surface area contributed by atoms with E-state index in [9.17, 15) is 18.0 Å². The van der Waals surface area contributed by atoms with E-state index in [4.69, 9.17) is 9.90 Å². The standard InChI is InChI=1S/C38H49N3O.C2HF3O2/c1-3-40(4-2)28-26-38(30-13-7-5-8-14-30,31-15-9-6-10-16-31)37(42)39-32-21-19-29(20-22-32)25-27-41-35-23-24-36(41)34-18-12-11-17-33(34)35;3-2(4,5)1(6)7/h5-18,29,32,35-36H,3-4,19-28H2,1-2H3,(H,39,42);(H,6,7). The molecule has 49 heavy (non-hydrogen) atoms. The first-order valence-electron chi connectivity index (χ1n) is 17.9. The summed E-state index contributed by atoms with van der Waals surface area (Å²) in [7, 11) is 0. The summed E-state index contributed by atoms with van der Waals surface area (Å²) in [5, 5.41) is 10.7. The van der Waals surface area contributed by atoms with Gasteiger partial charge in [0, 0.05) is 18.1 Å². The van der Waals surface area contributed by atoms with E-state index in [0.29, 0.717) is 12.1 Å². The van der Waals surface area contributed by atoms with Gasteiger partial charge >= 0.3 is 12.1 Å². The zero-order chi connectivity index (χ0) is 35.0. The maximum Gasteiger partial charge on any atom is 0.490 e. The predicted molar refractivity (Wildman–Crippen MR) is 186 cm³/mol. The van der Waals surface area contributed by atoms with E-state index in [1.165, 1.54) is 38.6 Å². The molecule has 2 N–H and O–H groups in total. The smallest absolute Gasteiger partial charge is 0.475 e. The van der Waals surface area contributed by atoms with Crippen LogP contribution in [0.4, 0.5) is 13.2 Å². The first-order chi connectivity index (χ1) is 23.6. The quantitative estimate of drug-likeness (QED) is 0.202. The van der Waals surface area contributed by atoms with Crippen LogP contribution in [0.3, 0.4) is 0 Å². The molecular formula is C40H50F3N3O3. The van der Waals surface area contributed by atoms with Crippen molar-refractivity contribution in [1.82, 2.24) is 15.1 Å². The maximum atomic E-state index is 14.6. The van der Waals surface area contributed by atoms with Crippen LogP contribution in [0.2, 0.25) is 0 Å². The van der Waals surface area contributed by atoms with Crippen LogP contribution in [0.25, 0.3) is 0 Å². The van der Waals surface area contributed by atoms with Gasteiger partial charge < -0.3 is 15.3 Å². The van der Waals surface area contributed by atoms with E-state index in [-0.39, 0.29) is 11.9 Å². The molecule has 6 rings (SSSR count). The molecule has 0 spiro atoms. The molecule has 3 aromatic rings. The van der Waals surface area contributed by atoms with Gasteiger partial charge in [0.05, 0.1) is 0 Å². The number of halogens is 3. The topological polar surface area (TPSA) is 72.9 Å². The Morgan fingerprint density at radius 2 is 1.24 bits per heavy atom. The Labute approximate surface area is 288 Å². The van der Waals surface area contributed by atoms with Gasteiger partial charge in [0.25, 0.3) is 0 Å². The van der Waals surface area contributed by atoms with Gasteiger partial charge in [0.15, 0.2) is 0 Å². The Hall–Kier alpha value is -3.69. The average Bonchev–Trinajstić information content (AvgIpc) is 3.67. The number of carbonyl (C=O) groups is 2. The number of alkyl halides is 3. The normalized spacial score (nSPS) is 21.9. The van der Waals surface area contributed by atoms with Crippen molar-refractivity contribution in [3.8, 4) is 0 Å². The van der Waals surface area contributed by atoms with E-state index >= 15 is 0 Å². The number of benzene rings is 3. The molecule has 1 saturated carbocycles. The van der Waals surface area contributed by atoms with Gasteiger partial charge in [0.1, 0.15) is 5.41 Å². The van der Waals surface area contributed by atoms with Gasteiger partial charge in [0.2, 0.25) is 5.91 Å². The highest BCUT2D eigenvalue weighted by Crippen LogP contribution is 2.53. The van der Waals surface area contributed by atoms with Crippen LogP contribution in [-0.2, 0) is 15.0 Å². The number of carboxylic acid groups (broad SMARTS) is 1. The minimum absolute atomic E-state index is 0.168. The fraction of sp³-hybridized carbons (Fsp3) is 0.500. The second-order valence-corrected chi connectivity index (χ2v) is 13.7. The molecule has 3 aliphatic rings. The number of hydrogen-bond acceptors (Lipinski definition) is 4. The van der Waals surface area contributed by atoms with Crippen molar-refractivity contribution in [3.63, 3.8) is 0 Å². The third-order valence-corrected chi connectivity index (χ3v) is 11.1. The van der Waals surface area contributed by atoms with Crippen LogP contribution >= 0.6 is 0 Å². The van der Waals surface area contributed by atoms with Crippen LogP contribution in [-0.4, -0.2) is 65.2 Å². The van der Waals surface area contributed by atoms with E-state index in [0.717, 1.165) is 55.9 Å². The molecule has 6 nitrogen and oxygen atoms in total. The van der Waals surface area contributed by atoms with Crippen molar-refractivity contribution >= 4 is 11.9 Å². The lowest BCUT2D eigenvalue weighted by Gasteiger charge is -2.38. The molecule has 3 aromatic carbocycles. The third kappa shape index (κ3) is 8.38. The van der Waals surface area contributed by atoms with Gasteiger partial charge in [-0.2, -0.15) is 13.2 Å². The lowest BCUT2D eigenvalue weighted by atomic mass is 9.70. The van der Waals surface area contributed by atoms with Crippen LogP contribution in [0, 0.1) is 5.92 Å². The van der Waals surface area contributed by atoms with Crippen LogP contribution < -0.4 is 5.32 Å². The van der Waals surface area contributed by atoms with Gasteiger partial charge in [-0.15, -0.1) is 0 Å². The van der Waals surface area contributed by atoms with Crippen molar-refractivity contribution < 1.29 is 27.9 Å². The lowest BCUT2D eigenvalue weighted by molar-refractivity contribution is -0.192. The number of carbonyl (C=O) groups excluding carboxylic acids is 1. The number of amides is 1. The monoisotopic (exact) mass is 677 g/mol. The summed E-state index contributed by atoms with van der Waals surface area (Å²) in [6, 6.07) is 31.7. The van der Waals surface area contributed by atoms with Gasteiger partial charge in [-0.1, -0.05) is 98.8 Å². The molecule has 1 saturated heterocycles. The number of nitrogens with one attached hydrogen (secondary N) is 1. The predicted octanol–water partition coefficient (Wildman–Crippen LogP) is 8.29. The highest BCUT2D eigenvalue weighted by Gasteiger charge is 2.45. The molecule has 2 fully saturated rings. The second-order valence-electron chi connectivity index (χ2n) is 13.7. The molecule has 9 heteroatoms. The SMILES string of the molecule is CCN(CC)CCC(C(=O)NC1CCC(CCN2C3CCC2c2ccccc23)CC1)(c1ccccc1)c1ccccc1.O=C(O)C(F)(F)F. The number of rotatable bonds is 12. The fourth-order valence-electron chi connectivity index (χ4n) is 8.34. The van der Waals surface area contributed by atoms with Crippen molar-refractivity contribution in [2.75, 3.05) is 26.2 Å². The molecule has 0 aromatic heterocycles. The van der Waals surface area contributed by atoms with E-state index in [1.807, 2.05) is 0 Å². The largest absolute Gasteiger partial charge is 0.490 e. The van der Waals surface area contributed by atoms with E-state index in [2.05, 4.69) is 114 Å². The van der Waals surface area contributed by atoms with Gasteiger partial charge in [-0.25, -0.2) is 4.79 Å². The molecule has 2 heterocycles. The number of carboxylic acids is 1. The van der Waals surface area contributed by atoms with Crippen molar-refractivity contribution in [2.24, 2.45) is 5.92 Å². The van der Waals surface area contributed by atoms with Crippen LogP contribution in [0.1, 0.15) is 99.6 Å². The number of aliphatic carboxylic acids is 1.